The zero-order valence-electron chi connectivity index (χ0n) is 17.5. The van der Waals surface area contributed by atoms with Gasteiger partial charge in [-0.2, -0.15) is 0 Å². The van der Waals surface area contributed by atoms with Gasteiger partial charge in [0.15, 0.2) is 0 Å². The molecule has 3 aromatic rings. The number of nitrogens with zero attached hydrogens (tertiary/aromatic N) is 3. The molecule has 1 saturated carbocycles. The third-order valence-corrected chi connectivity index (χ3v) is 6.55. The van der Waals surface area contributed by atoms with Gasteiger partial charge in [0.05, 0.1) is 24.4 Å². The summed E-state index contributed by atoms with van der Waals surface area (Å²) in [6.45, 7) is 4.83. The zero-order chi connectivity index (χ0) is 20.8. The Bertz CT molecular complexity index is 1130. The molecule has 1 N–H and O–H groups in total. The molecule has 0 radical (unpaired) electrons. The van der Waals surface area contributed by atoms with E-state index in [2.05, 4.69) is 58.7 Å². The summed E-state index contributed by atoms with van der Waals surface area (Å²) >= 11 is 0. The number of aromatic nitrogens is 1. The van der Waals surface area contributed by atoms with E-state index in [4.69, 9.17) is 9.72 Å². The molecular formula is C25H26N4O2. The van der Waals surface area contributed by atoms with Crippen molar-refractivity contribution < 1.29 is 9.53 Å². The van der Waals surface area contributed by atoms with Crippen molar-refractivity contribution >= 4 is 28.3 Å². The molecule has 158 valence electrons. The molecular weight excluding hydrogens is 388 g/mol. The molecule has 2 amide bonds. The topological polar surface area (TPSA) is 57.7 Å². The quantitative estimate of drug-likeness (QED) is 0.697. The van der Waals surface area contributed by atoms with E-state index in [9.17, 15) is 4.79 Å². The molecule has 3 heterocycles. The van der Waals surface area contributed by atoms with Gasteiger partial charge in [-0.15, -0.1) is 0 Å². The van der Waals surface area contributed by atoms with Crippen molar-refractivity contribution in [1.29, 1.82) is 0 Å². The minimum atomic E-state index is -0.0309. The van der Waals surface area contributed by atoms with Crippen molar-refractivity contribution in [3.05, 3.63) is 54.1 Å². The number of hydrogen-bond donors (Lipinski definition) is 1. The largest absolute Gasteiger partial charge is 0.378 e. The van der Waals surface area contributed by atoms with Gasteiger partial charge in [0.2, 0.25) is 0 Å². The molecule has 6 rings (SSSR count). The Morgan fingerprint density at radius 3 is 2.42 bits per heavy atom. The fraction of sp³-hybridized carbons (Fsp3) is 0.360. The fourth-order valence-electron chi connectivity index (χ4n) is 4.67. The number of benzene rings is 2. The van der Waals surface area contributed by atoms with Crippen LogP contribution in [0.15, 0.2) is 48.5 Å². The number of pyridine rings is 1. The number of nitrogens with one attached hydrogen (secondary N) is 1. The monoisotopic (exact) mass is 414 g/mol. The third kappa shape index (κ3) is 3.51. The van der Waals surface area contributed by atoms with Crippen LogP contribution < -0.4 is 15.1 Å². The number of morpholine rings is 1. The summed E-state index contributed by atoms with van der Waals surface area (Å²) in [6, 6.07) is 17.2. The predicted octanol–water partition coefficient (Wildman–Crippen LogP) is 4.15. The number of rotatable bonds is 4. The normalized spacial score (nSPS) is 19.2. The molecule has 0 spiro atoms. The van der Waals surface area contributed by atoms with Gasteiger partial charge < -0.3 is 15.0 Å². The van der Waals surface area contributed by atoms with Crippen molar-refractivity contribution in [2.24, 2.45) is 0 Å². The second-order valence-electron chi connectivity index (χ2n) is 8.60. The van der Waals surface area contributed by atoms with Crippen LogP contribution in [0.2, 0.25) is 0 Å². The Morgan fingerprint density at radius 1 is 0.935 bits per heavy atom. The highest BCUT2D eigenvalue weighted by Crippen LogP contribution is 2.44. The van der Waals surface area contributed by atoms with Gasteiger partial charge in [0, 0.05) is 48.5 Å². The van der Waals surface area contributed by atoms with Gasteiger partial charge in [-0.25, -0.2) is 9.78 Å². The number of fused-ring (bicyclic) bond motifs is 1. The van der Waals surface area contributed by atoms with Crippen LogP contribution in [0.5, 0.6) is 0 Å². The Hall–Kier alpha value is -3.12. The van der Waals surface area contributed by atoms with Crippen LogP contribution in [0.4, 0.5) is 16.2 Å². The Kier molecular flexibility index (Phi) is 4.53. The van der Waals surface area contributed by atoms with Gasteiger partial charge in [0.1, 0.15) is 0 Å². The van der Waals surface area contributed by atoms with Crippen molar-refractivity contribution in [3.8, 4) is 11.3 Å². The van der Waals surface area contributed by atoms with E-state index in [0.717, 1.165) is 48.8 Å². The smallest absolute Gasteiger partial charge is 0.321 e. The van der Waals surface area contributed by atoms with Gasteiger partial charge in [-0.05, 0) is 54.7 Å². The average molecular weight is 415 g/mol. The van der Waals surface area contributed by atoms with Crippen molar-refractivity contribution in [1.82, 2.24) is 10.3 Å². The van der Waals surface area contributed by atoms with Crippen molar-refractivity contribution in [2.75, 3.05) is 49.2 Å². The number of carbonyl (C=O) groups is 1. The lowest BCUT2D eigenvalue weighted by molar-refractivity contribution is 0.122. The maximum atomic E-state index is 12.1. The molecule has 2 aromatic carbocycles. The van der Waals surface area contributed by atoms with Crippen LogP contribution in [0.1, 0.15) is 24.3 Å². The standard InChI is InChI=1S/C25H26N4O2/c30-25-26-9-10-29(25)20-7-8-21-22(17-1-2-17)16-23(27-24(21)15-20)18-3-5-19(6-4-18)28-11-13-31-14-12-28/h3-8,15-17H,1-2,9-14H2,(H,26,30). The maximum absolute atomic E-state index is 12.1. The third-order valence-electron chi connectivity index (χ3n) is 6.55. The molecule has 0 atom stereocenters. The van der Waals surface area contributed by atoms with E-state index in [1.807, 2.05) is 0 Å². The van der Waals surface area contributed by atoms with Crippen LogP contribution in [-0.4, -0.2) is 50.4 Å². The second kappa shape index (κ2) is 7.54. The minimum Gasteiger partial charge on any atom is -0.378 e. The van der Waals surface area contributed by atoms with Gasteiger partial charge in [-0.1, -0.05) is 18.2 Å². The van der Waals surface area contributed by atoms with E-state index in [1.54, 1.807) is 4.90 Å². The zero-order valence-corrected chi connectivity index (χ0v) is 17.5. The maximum Gasteiger partial charge on any atom is 0.321 e. The summed E-state index contributed by atoms with van der Waals surface area (Å²) in [5, 5.41) is 4.09. The van der Waals surface area contributed by atoms with Crippen LogP contribution in [-0.2, 0) is 4.74 Å². The van der Waals surface area contributed by atoms with E-state index in [-0.39, 0.29) is 6.03 Å². The Morgan fingerprint density at radius 2 is 1.71 bits per heavy atom. The van der Waals surface area contributed by atoms with Gasteiger partial charge >= 0.3 is 6.03 Å². The highest BCUT2D eigenvalue weighted by Gasteiger charge is 2.27. The van der Waals surface area contributed by atoms with Crippen LogP contribution >= 0.6 is 0 Å². The number of amides is 2. The first kappa shape index (κ1) is 18.6. The Balaban J connectivity index is 1.38. The lowest BCUT2D eigenvalue weighted by Gasteiger charge is -2.28. The number of carbonyl (C=O) groups excluding carboxylic acids is 1. The molecule has 1 aliphatic carbocycles. The number of hydrogen-bond acceptors (Lipinski definition) is 4. The molecule has 3 fully saturated rings. The first-order chi connectivity index (χ1) is 15.3. The summed E-state index contributed by atoms with van der Waals surface area (Å²) in [4.78, 5) is 21.3. The van der Waals surface area contributed by atoms with Crippen molar-refractivity contribution in [2.45, 2.75) is 18.8 Å². The molecule has 6 nitrogen and oxygen atoms in total. The molecule has 0 bridgehead atoms. The van der Waals surface area contributed by atoms with Crippen molar-refractivity contribution in [3.63, 3.8) is 0 Å². The van der Waals surface area contributed by atoms with E-state index >= 15 is 0 Å². The highest BCUT2D eigenvalue weighted by atomic mass is 16.5. The molecule has 1 aromatic heterocycles. The summed E-state index contributed by atoms with van der Waals surface area (Å²) in [5.41, 5.74) is 6.63. The first-order valence-electron chi connectivity index (χ1n) is 11.2. The average Bonchev–Trinajstić information content (AvgIpc) is 3.58. The minimum absolute atomic E-state index is 0.0309. The van der Waals surface area contributed by atoms with Gasteiger partial charge in [-0.3, -0.25) is 4.90 Å². The molecule has 3 aliphatic rings. The highest BCUT2D eigenvalue weighted by molar-refractivity contribution is 5.97. The molecule has 6 heteroatoms. The van der Waals surface area contributed by atoms with Crippen LogP contribution in [0.25, 0.3) is 22.2 Å². The molecule has 2 aliphatic heterocycles. The fourth-order valence-corrected chi connectivity index (χ4v) is 4.67. The van der Waals surface area contributed by atoms with E-state index in [0.29, 0.717) is 19.0 Å². The first-order valence-corrected chi connectivity index (χ1v) is 11.2. The summed E-state index contributed by atoms with van der Waals surface area (Å²) in [7, 11) is 0. The lowest BCUT2D eigenvalue weighted by atomic mass is 10.0. The van der Waals surface area contributed by atoms with E-state index in [1.165, 1.54) is 29.5 Å². The van der Waals surface area contributed by atoms with E-state index < -0.39 is 0 Å². The molecule has 2 saturated heterocycles. The van der Waals surface area contributed by atoms with Crippen LogP contribution in [0.3, 0.4) is 0 Å². The Labute approximate surface area is 181 Å². The number of ether oxygens (including phenoxy) is 1. The summed E-state index contributed by atoms with van der Waals surface area (Å²) in [5.74, 6) is 0.623. The predicted molar refractivity (Wildman–Crippen MR) is 123 cm³/mol. The molecule has 31 heavy (non-hydrogen) atoms. The summed E-state index contributed by atoms with van der Waals surface area (Å²) in [6.07, 6.45) is 2.48. The second-order valence-corrected chi connectivity index (χ2v) is 8.60. The SMILES string of the molecule is O=C1NCCN1c1ccc2c(C3CC3)cc(-c3ccc(N4CCOCC4)cc3)nc2c1. The number of anilines is 2. The number of urea groups is 1. The lowest BCUT2D eigenvalue weighted by Crippen LogP contribution is -2.36. The van der Waals surface area contributed by atoms with Crippen LogP contribution in [0, 0.1) is 0 Å². The summed E-state index contributed by atoms with van der Waals surface area (Å²) < 4.78 is 5.47. The molecule has 0 unspecified atom stereocenters. The van der Waals surface area contributed by atoms with Gasteiger partial charge in [0.25, 0.3) is 0 Å².